The van der Waals surface area contributed by atoms with Crippen molar-refractivity contribution in [3.63, 3.8) is 0 Å². The fourth-order valence-electron chi connectivity index (χ4n) is 1.21. The van der Waals surface area contributed by atoms with E-state index in [9.17, 15) is 5.11 Å². The molecular weight excluding hydrogens is 168 g/mol. The number of aryl methyl sites for hydroxylation is 1. The first-order chi connectivity index (χ1) is 6.26. The number of rotatable bonds is 5. The van der Waals surface area contributed by atoms with Crippen molar-refractivity contribution >= 4 is 0 Å². The Morgan fingerprint density at radius 2 is 2.46 bits per heavy atom. The largest absolute Gasteiger partial charge is 0.390 e. The molecule has 4 heteroatoms. The van der Waals surface area contributed by atoms with E-state index in [2.05, 4.69) is 5.10 Å². The van der Waals surface area contributed by atoms with Gasteiger partial charge in [-0.3, -0.25) is 4.68 Å². The molecule has 1 N–H and O–H groups in total. The van der Waals surface area contributed by atoms with Crippen LogP contribution in [-0.4, -0.2) is 34.7 Å². The van der Waals surface area contributed by atoms with Crippen LogP contribution in [0.15, 0.2) is 12.4 Å². The number of ether oxygens (including phenoxy) is 1. The minimum atomic E-state index is -0.431. The first-order valence-corrected chi connectivity index (χ1v) is 4.44. The molecule has 0 aliphatic heterocycles. The number of nitrogens with zero attached hydrogens (tertiary/aromatic N) is 2. The lowest BCUT2D eigenvalue weighted by atomic mass is 10.2. The van der Waals surface area contributed by atoms with Crippen LogP contribution in [0.25, 0.3) is 0 Å². The molecule has 1 unspecified atom stereocenters. The van der Waals surface area contributed by atoms with Gasteiger partial charge >= 0.3 is 0 Å². The smallest absolute Gasteiger partial charge is 0.0814 e. The van der Waals surface area contributed by atoms with E-state index in [-0.39, 0.29) is 0 Å². The molecule has 0 amide bonds. The van der Waals surface area contributed by atoms with Crippen LogP contribution in [0.5, 0.6) is 0 Å². The molecule has 0 saturated carbocycles. The van der Waals surface area contributed by atoms with Crippen LogP contribution in [0.3, 0.4) is 0 Å². The average Bonchev–Trinajstić information content (AvgIpc) is 2.52. The molecule has 0 bridgehead atoms. The zero-order chi connectivity index (χ0) is 9.68. The van der Waals surface area contributed by atoms with E-state index in [1.54, 1.807) is 13.3 Å². The van der Waals surface area contributed by atoms with Gasteiger partial charge in [0.15, 0.2) is 0 Å². The number of hydrogen-bond acceptors (Lipinski definition) is 3. The van der Waals surface area contributed by atoms with Crippen molar-refractivity contribution in [1.29, 1.82) is 0 Å². The normalized spacial score (nSPS) is 13.2. The maximum atomic E-state index is 9.42. The van der Waals surface area contributed by atoms with Crippen molar-refractivity contribution in [1.82, 2.24) is 9.78 Å². The van der Waals surface area contributed by atoms with E-state index in [1.807, 2.05) is 17.8 Å². The summed E-state index contributed by atoms with van der Waals surface area (Å²) < 4.78 is 6.67. The summed E-state index contributed by atoms with van der Waals surface area (Å²) in [5.41, 5.74) is 1.05. The van der Waals surface area contributed by atoms with Crippen molar-refractivity contribution < 1.29 is 9.84 Å². The lowest BCUT2D eigenvalue weighted by Crippen LogP contribution is -2.16. The summed E-state index contributed by atoms with van der Waals surface area (Å²) in [7, 11) is 1.58. The topological polar surface area (TPSA) is 47.3 Å². The van der Waals surface area contributed by atoms with Gasteiger partial charge in [0.1, 0.15) is 0 Å². The summed E-state index contributed by atoms with van der Waals surface area (Å²) in [6, 6.07) is 0. The Morgan fingerprint density at radius 1 is 1.69 bits per heavy atom. The molecular formula is C9H16N2O2. The van der Waals surface area contributed by atoms with Crippen LogP contribution >= 0.6 is 0 Å². The van der Waals surface area contributed by atoms with E-state index >= 15 is 0 Å². The van der Waals surface area contributed by atoms with Gasteiger partial charge in [-0.25, -0.2) is 0 Å². The first kappa shape index (κ1) is 10.2. The van der Waals surface area contributed by atoms with Crippen LogP contribution < -0.4 is 0 Å². The summed E-state index contributed by atoms with van der Waals surface area (Å²) in [4.78, 5) is 0. The molecule has 0 aliphatic carbocycles. The van der Waals surface area contributed by atoms with Gasteiger partial charge in [-0.05, 0) is 12.5 Å². The van der Waals surface area contributed by atoms with Crippen molar-refractivity contribution in [2.45, 2.75) is 26.0 Å². The minimum absolute atomic E-state index is 0.372. The Balaban J connectivity index is 2.44. The predicted octanol–water partition coefficient (Wildman–Crippen LogP) is 0.453. The molecule has 1 rings (SSSR count). The first-order valence-electron chi connectivity index (χ1n) is 4.44. The van der Waals surface area contributed by atoms with Crippen LogP contribution in [0.4, 0.5) is 0 Å². The number of aromatic nitrogens is 2. The second-order valence-corrected chi connectivity index (χ2v) is 3.02. The molecule has 0 fully saturated rings. The standard InChI is InChI=1S/C9H16N2O2/c1-3-11-6-8(5-10-11)4-9(12)7-13-2/h5-6,9,12H,3-4,7H2,1-2H3. The van der Waals surface area contributed by atoms with Crippen LogP contribution in [-0.2, 0) is 17.7 Å². The highest BCUT2D eigenvalue weighted by atomic mass is 16.5. The van der Waals surface area contributed by atoms with Gasteiger partial charge in [0.2, 0.25) is 0 Å². The quantitative estimate of drug-likeness (QED) is 0.723. The minimum Gasteiger partial charge on any atom is -0.390 e. The van der Waals surface area contributed by atoms with Crippen molar-refractivity contribution in [2.75, 3.05) is 13.7 Å². The molecule has 1 aromatic heterocycles. The number of hydrogen-bond donors (Lipinski definition) is 1. The van der Waals surface area contributed by atoms with Gasteiger partial charge in [0.05, 0.1) is 18.9 Å². The highest BCUT2D eigenvalue weighted by Crippen LogP contribution is 2.02. The Morgan fingerprint density at radius 3 is 3.00 bits per heavy atom. The molecule has 0 radical (unpaired) electrons. The zero-order valence-electron chi connectivity index (χ0n) is 8.10. The molecule has 4 nitrogen and oxygen atoms in total. The van der Waals surface area contributed by atoms with E-state index < -0.39 is 6.10 Å². The second kappa shape index (κ2) is 4.99. The fourth-order valence-corrected chi connectivity index (χ4v) is 1.21. The summed E-state index contributed by atoms with van der Waals surface area (Å²) in [5.74, 6) is 0. The molecule has 0 spiro atoms. The highest BCUT2D eigenvalue weighted by Gasteiger charge is 2.06. The Kier molecular flexibility index (Phi) is 3.92. The number of aliphatic hydroxyl groups excluding tert-OH is 1. The SMILES string of the molecule is CCn1cc(CC(O)COC)cn1. The summed E-state index contributed by atoms with van der Waals surface area (Å²) in [6.45, 7) is 3.26. The fraction of sp³-hybridized carbons (Fsp3) is 0.667. The molecule has 1 aromatic rings. The molecule has 0 saturated heterocycles. The maximum Gasteiger partial charge on any atom is 0.0814 e. The molecule has 74 valence electrons. The van der Waals surface area contributed by atoms with E-state index in [1.165, 1.54) is 0 Å². The summed E-state index contributed by atoms with van der Waals surface area (Å²) in [6.07, 6.45) is 3.90. The molecule has 1 atom stereocenters. The Hall–Kier alpha value is -0.870. The second-order valence-electron chi connectivity index (χ2n) is 3.02. The van der Waals surface area contributed by atoms with Crippen LogP contribution in [0.2, 0.25) is 0 Å². The summed E-state index contributed by atoms with van der Waals surface area (Å²) >= 11 is 0. The van der Waals surface area contributed by atoms with E-state index in [0.717, 1.165) is 12.1 Å². The average molecular weight is 184 g/mol. The maximum absolute atomic E-state index is 9.42. The van der Waals surface area contributed by atoms with Gasteiger partial charge in [-0.1, -0.05) is 0 Å². The molecule has 13 heavy (non-hydrogen) atoms. The molecule has 0 aromatic carbocycles. The molecule has 0 aliphatic rings. The van der Waals surface area contributed by atoms with Gasteiger partial charge in [0, 0.05) is 26.3 Å². The lowest BCUT2D eigenvalue weighted by Gasteiger charge is -2.06. The highest BCUT2D eigenvalue weighted by molar-refractivity contribution is 5.05. The zero-order valence-corrected chi connectivity index (χ0v) is 8.10. The Bertz CT molecular complexity index is 248. The third kappa shape index (κ3) is 3.16. The van der Waals surface area contributed by atoms with E-state index in [4.69, 9.17) is 4.74 Å². The monoisotopic (exact) mass is 184 g/mol. The lowest BCUT2D eigenvalue weighted by molar-refractivity contribution is 0.0650. The van der Waals surface area contributed by atoms with Crippen LogP contribution in [0, 0.1) is 0 Å². The van der Waals surface area contributed by atoms with Gasteiger partial charge in [-0.2, -0.15) is 5.10 Å². The van der Waals surface area contributed by atoms with Gasteiger partial charge in [-0.15, -0.1) is 0 Å². The third-order valence-corrected chi connectivity index (χ3v) is 1.84. The van der Waals surface area contributed by atoms with Gasteiger partial charge < -0.3 is 9.84 Å². The molecule has 1 heterocycles. The third-order valence-electron chi connectivity index (χ3n) is 1.84. The predicted molar refractivity (Wildman–Crippen MR) is 49.5 cm³/mol. The van der Waals surface area contributed by atoms with Gasteiger partial charge in [0.25, 0.3) is 0 Å². The van der Waals surface area contributed by atoms with Crippen molar-refractivity contribution in [2.24, 2.45) is 0 Å². The van der Waals surface area contributed by atoms with Crippen LogP contribution in [0.1, 0.15) is 12.5 Å². The number of methoxy groups -OCH3 is 1. The summed E-state index contributed by atoms with van der Waals surface area (Å²) in [5, 5.41) is 13.5. The van der Waals surface area contributed by atoms with Crippen molar-refractivity contribution in [3.05, 3.63) is 18.0 Å². The van der Waals surface area contributed by atoms with E-state index in [0.29, 0.717) is 13.0 Å². The van der Waals surface area contributed by atoms with Crippen molar-refractivity contribution in [3.8, 4) is 0 Å². The number of aliphatic hydroxyl groups is 1. The Labute approximate surface area is 78.1 Å².